The summed E-state index contributed by atoms with van der Waals surface area (Å²) in [6.45, 7) is 1.79. The number of sulfonamides is 1. The first-order valence-electron chi connectivity index (χ1n) is 9.62. The highest BCUT2D eigenvalue weighted by Gasteiger charge is 2.19. The maximum Gasteiger partial charge on any atom is 0.264 e. The number of benzene rings is 2. The van der Waals surface area contributed by atoms with Gasteiger partial charge in [0.05, 0.1) is 21.2 Å². The summed E-state index contributed by atoms with van der Waals surface area (Å²) in [6, 6.07) is 15.2. The zero-order chi connectivity index (χ0) is 22.7. The number of fused-ring (bicyclic) bond motifs is 1. The Labute approximate surface area is 189 Å². The van der Waals surface area contributed by atoms with Crippen LogP contribution in [0.2, 0.25) is 0 Å². The monoisotopic (exact) mass is 468 g/mol. The highest BCUT2D eigenvalue weighted by Crippen LogP contribution is 2.27. The number of rotatable bonds is 7. The van der Waals surface area contributed by atoms with Gasteiger partial charge in [0.15, 0.2) is 5.16 Å². The van der Waals surface area contributed by atoms with E-state index in [-0.39, 0.29) is 16.8 Å². The number of aromatic nitrogens is 4. The minimum absolute atomic E-state index is 0.0160. The fraction of sp³-hybridized carbons (Fsp3) is 0.143. The second-order valence-electron chi connectivity index (χ2n) is 6.89. The molecular weight excluding hydrogens is 448 g/mol. The number of thioether (sulfide) groups is 1. The third kappa shape index (κ3) is 4.73. The largest absolute Gasteiger partial charge is 0.325 e. The lowest BCUT2D eigenvalue weighted by Crippen LogP contribution is -2.23. The molecule has 0 fully saturated rings. The Balaban J connectivity index is 1.41. The number of imidazole rings is 1. The molecule has 1 amide bonds. The molecule has 0 saturated heterocycles. The van der Waals surface area contributed by atoms with E-state index >= 15 is 0 Å². The van der Waals surface area contributed by atoms with Crippen LogP contribution in [-0.4, -0.2) is 39.1 Å². The van der Waals surface area contributed by atoms with Crippen LogP contribution in [0.3, 0.4) is 0 Å². The third-order valence-corrected chi connectivity index (χ3v) is 7.11. The van der Waals surface area contributed by atoms with Crippen molar-refractivity contribution in [3.8, 4) is 0 Å². The molecular formula is C21H20N6O3S2. The molecule has 2 aromatic heterocycles. The Morgan fingerprint density at radius 3 is 2.41 bits per heavy atom. The average molecular weight is 469 g/mol. The molecule has 0 aliphatic rings. The van der Waals surface area contributed by atoms with Gasteiger partial charge in [-0.15, -0.1) is 0 Å². The van der Waals surface area contributed by atoms with Crippen molar-refractivity contribution >= 4 is 50.4 Å². The molecule has 0 unspecified atom stereocenters. The van der Waals surface area contributed by atoms with Crippen molar-refractivity contribution in [2.24, 2.45) is 7.05 Å². The second-order valence-corrected chi connectivity index (χ2v) is 9.88. The molecule has 4 rings (SSSR count). The number of aryl methyl sites for hydroxylation is 1. The molecule has 0 bridgehead atoms. The summed E-state index contributed by atoms with van der Waals surface area (Å²) in [4.78, 5) is 25.0. The van der Waals surface area contributed by atoms with Crippen LogP contribution < -0.4 is 10.0 Å². The van der Waals surface area contributed by atoms with E-state index in [1.54, 1.807) is 13.0 Å². The van der Waals surface area contributed by atoms with E-state index < -0.39 is 15.3 Å². The third-order valence-electron chi connectivity index (χ3n) is 4.62. The van der Waals surface area contributed by atoms with Crippen molar-refractivity contribution in [3.05, 3.63) is 67.0 Å². The van der Waals surface area contributed by atoms with E-state index in [9.17, 15) is 13.2 Å². The van der Waals surface area contributed by atoms with Gasteiger partial charge >= 0.3 is 0 Å². The van der Waals surface area contributed by atoms with Crippen LogP contribution >= 0.6 is 11.8 Å². The second kappa shape index (κ2) is 8.97. The molecule has 164 valence electrons. The first-order chi connectivity index (χ1) is 15.3. The van der Waals surface area contributed by atoms with Gasteiger partial charge in [-0.3, -0.25) is 4.79 Å². The van der Waals surface area contributed by atoms with Crippen molar-refractivity contribution in [2.75, 3.05) is 10.0 Å². The van der Waals surface area contributed by atoms with Crippen LogP contribution in [0.25, 0.3) is 11.0 Å². The molecule has 0 radical (unpaired) electrons. The molecule has 0 saturated carbocycles. The minimum Gasteiger partial charge on any atom is -0.325 e. The van der Waals surface area contributed by atoms with Crippen molar-refractivity contribution in [1.29, 1.82) is 0 Å². The van der Waals surface area contributed by atoms with Gasteiger partial charge in [-0.05, 0) is 49.4 Å². The van der Waals surface area contributed by atoms with E-state index in [1.807, 2.05) is 35.9 Å². The quantitative estimate of drug-likeness (QED) is 0.400. The highest BCUT2D eigenvalue weighted by molar-refractivity contribution is 8.00. The normalized spacial score (nSPS) is 12.4. The van der Waals surface area contributed by atoms with Crippen LogP contribution in [0.15, 0.2) is 77.0 Å². The number of nitrogens with zero attached hydrogens (tertiary/aromatic N) is 4. The lowest BCUT2D eigenvalue weighted by molar-refractivity contribution is -0.115. The molecule has 1 atom stereocenters. The standard InChI is InChI=1S/C21H20N6O3S2/c1-14(31-21-25-17-6-3-4-7-18(17)27(21)2)19(28)24-15-8-10-16(11-9-15)32(29,30)26-20-22-12-5-13-23-20/h3-14H,1-2H3,(H,24,28)(H,22,23,26)/t14-/m0/s1. The summed E-state index contributed by atoms with van der Waals surface area (Å²) in [5.41, 5.74) is 2.35. The molecule has 11 heteroatoms. The minimum atomic E-state index is -3.84. The van der Waals surface area contributed by atoms with Gasteiger partial charge in [-0.1, -0.05) is 23.9 Å². The van der Waals surface area contributed by atoms with E-state index in [0.717, 1.165) is 16.2 Å². The summed E-state index contributed by atoms with van der Waals surface area (Å²) in [5.74, 6) is -0.230. The van der Waals surface area contributed by atoms with Crippen LogP contribution in [-0.2, 0) is 21.9 Å². The summed E-state index contributed by atoms with van der Waals surface area (Å²) in [5, 5.41) is 3.14. The number of amides is 1. The number of nitrogens with one attached hydrogen (secondary N) is 2. The van der Waals surface area contributed by atoms with Gasteiger partial charge in [0.1, 0.15) is 0 Å². The van der Waals surface area contributed by atoms with Crippen LogP contribution in [0.1, 0.15) is 6.92 Å². The van der Waals surface area contributed by atoms with Crippen LogP contribution in [0.5, 0.6) is 0 Å². The van der Waals surface area contributed by atoms with Gasteiger partial charge in [0, 0.05) is 25.1 Å². The molecule has 4 aromatic rings. The lowest BCUT2D eigenvalue weighted by Gasteiger charge is -2.12. The average Bonchev–Trinajstić information content (AvgIpc) is 3.10. The fourth-order valence-corrected chi connectivity index (χ4v) is 4.78. The molecule has 0 spiro atoms. The molecule has 32 heavy (non-hydrogen) atoms. The Kier molecular flexibility index (Phi) is 6.10. The number of carbonyl (C=O) groups excluding carboxylic acids is 1. The predicted octanol–water partition coefficient (Wildman–Crippen LogP) is 3.28. The molecule has 9 nitrogen and oxygen atoms in total. The van der Waals surface area contributed by atoms with E-state index in [2.05, 4.69) is 25.0 Å². The van der Waals surface area contributed by atoms with Crippen molar-refractivity contribution in [2.45, 2.75) is 22.2 Å². The van der Waals surface area contributed by atoms with Crippen LogP contribution in [0.4, 0.5) is 11.6 Å². The molecule has 0 aliphatic carbocycles. The van der Waals surface area contributed by atoms with Gasteiger partial charge in [0.25, 0.3) is 10.0 Å². The highest BCUT2D eigenvalue weighted by atomic mass is 32.2. The summed E-state index contributed by atoms with van der Waals surface area (Å²) in [6.07, 6.45) is 2.88. The zero-order valence-electron chi connectivity index (χ0n) is 17.3. The number of anilines is 2. The van der Waals surface area contributed by atoms with E-state index in [4.69, 9.17) is 0 Å². The SMILES string of the molecule is C[C@H](Sc1nc2ccccc2n1C)C(=O)Nc1ccc(S(=O)(=O)Nc2ncccn2)cc1. The Morgan fingerprint density at radius 2 is 1.72 bits per heavy atom. The summed E-state index contributed by atoms with van der Waals surface area (Å²) in [7, 11) is -1.92. The fourth-order valence-electron chi connectivity index (χ4n) is 2.93. The first kappa shape index (κ1) is 21.8. The molecule has 2 aromatic carbocycles. The zero-order valence-corrected chi connectivity index (χ0v) is 18.9. The van der Waals surface area contributed by atoms with Crippen molar-refractivity contribution in [1.82, 2.24) is 19.5 Å². The van der Waals surface area contributed by atoms with Crippen LogP contribution in [0, 0.1) is 0 Å². The van der Waals surface area contributed by atoms with E-state index in [1.165, 1.54) is 48.4 Å². The Hall–Kier alpha value is -3.44. The first-order valence-corrected chi connectivity index (χ1v) is 12.0. The number of para-hydroxylation sites is 2. The topological polar surface area (TPSA) is 119 Å². The smallest absolute Gasteiger partial charge is 0.264 e. The number of carbonyl (C=O) groups is 1. The van der Waals surface area contributed by atoms with E-state index in [0.29, 0.717) is 5.69 Å². The summed E-state index contributed by atoms with van der Waals surface area (Å²) >= 11 is 1.35. The lowest BCUT2D eigenvalue weighted by atomic mass is 10.3. The van der Waals surface area contributed by atoms with Gasteiger partial charge in [-0.2, -0.15) is 0 Å². The maximum atomic E-state index is 12.7. The van der Waals surface area contributed by atoms with Gasteiger partial charge in [-0.25, -0.2) is 28.1 Å². The molecule has 2 heterocycles. The Morgan fingerprint density at radius 1 is 1.03 bits per heavy atom. The summed E-state index contributed by atoms with van der Waals surface area (Å²) < 4.78 is 29.2. The van der Waals surface area contributed by atoms with Gasteiger partial charge in [0.2, 0.25) is 11.9 Å². The number of hydrogen-bond donors (Lipinski definition) is 2. The Bertz CT molecular complexity index is 1360. The van der Waals surface area contributed by atoms with Crippen molar-refractivity contribution < 1.29 is 13.2 Å². The number of hydrogen-bond acceptors (Lipinski definition) is 7. The van der Waals surface area contributed by atoms with Crippen molar-refractivity contribution in [3.63, 3.8) is 0 Å². The molecule has 2 N–H and O–H groups in total. The predicted molar refractivity (Wildman–Crippen MR) is 124 cm³/mol. The maximum absolute atomic E-state index is 12.7. The molecule has 0 aliphatic heterocycles. The van der Waals surface area contributed by atoms with Gasteiger partial charge < -0.3 is 9.88 Å².